The molecule has 0 radical (unpaired) electrons. The maximum absolute atomic E-state index is 5.47. The minimum absolute atomic E-state index is 0.788. The van der Waals surface area contributed by atoms with E-state index in [1.807, 2.05) is 12.3 Å². The van der Waals surface area contributed by atoms with Gasteiger partial charge in [-0.3, -0.25) is 9.88 Å². The van der Waals surface area contributed by atoms with Gasteiger partial charge in [0.05, 0.1) is 31.0 Å². The number of quaternary nitrogens is 1. The van der Waals surface area contributed by atoms with Gasteiger partial charge >= 0.3 is 0 Å². The first kappa shape index (κ1) is 21.7. The van der Waals surface area contributed by atoms with Crippen molar-refractivity contribution in [3.8, 4) is 22.4 Å². The van der Waals surface area contributed by atoms with Gasteiger partial charge in [-0.2, -0.15) is 0 Å². The molecule has 1 fully saturated rings. The Bertz CT molecular complexity index is 1200. The molecule has 0 spiro atoms. The third-order valence-electron chi connectivity index (χ3n) is 6.42. The van der Waals surface area contributed by atoms with Crippen LogP contribution in [0.3, 0.4) is 0 Å². The van der Waals surface area contributed by atoms with E-state index in [0.29, 0.717) is 0 Å². The molecule has 3 heterocycles. The minimum Gasteiger partial charge on any atom is -0.379 e. The Kier molecular flexibility index (Phi) is 6.72. The lowest BCUT2D eigenvalue weighted by molar-refractivity contribution is -0.386. The third-order valence-corrected chi connectivity index (χ3v) is 6.42. The molecule has 0 atom stereocenters. The highest BCUT2D eigenvalue weighted by atomic mass is 16.5. The lowest BCUT2D eigenvalue weighted by atomic mass is 9.96. The molecule has 1 aliphatic rings. The summed E-state index contributed by atoms with van der Waals surface area (Å²) in [6, 6.07) is 23.5. The van der Waals surface area contributed by atoms with Crippen LogP contribution in [0.5, 0.6) is 0 Å². The molecule has 5 rings (SSSR count). The van der Waals surface area contributed by atoms with E-state index < -0.39 is 0 Å². The SMILES string of the molecule is [NH3+]Cc1ccc(-c2nc3ccnc(CCCN4CCOCC4)c3cc2-c2ccccc2)cc1. The lowest BCUT2D eigenvalue weighted by Crippen LogP contribution is -2.47. The summed E-state index contributed by atoms with van der Waals surface area (Å²) in [5, 5.41) is 1.15. The molecule has 3 N–H and O–H groups in total. The normalized spacial score (nSPS) is 14.6. The van der Waals surface area contributed by atoms with Gasteiger partial charge < -0.3 is 10.5 Å². The fourth-order valence-corrected chi connectivity index (χ4v) is 4.53. The number of hydrogen-bond donors (Lipinski definition) is 1. The molecule has 2 aromatic carbocycles. The van der Waals surface area contributed by atoms with E-state index in [1.165, 1.54) is 11.1 Å². The van der Waals surface area contributed by atoms with Crippen LogP contribution in [0.25, 0.3) is 33.3 Å². The molecule has 33 heavy (non-hydrogen) atoms. The summed E-state index contributed by atoms with van der Waals surface area (Å²) >= 11 is 0. The van der Waals surface area contributed by atoms with Gasteiger partial charge in [0.15, 0.2) is 0 Å². The zero-order chi connectivity index (χ0) is 22.5. The fraction of sp³-hybridized carbons (Fsp3) is 0.286. The van der Waals surface area contributed by atoms with E-state index in [1.54, 1.807) is 0 Å². The van der Waals surface area contributed by atoms with Crippen molar-refractivity contribution < 1.29 is 10.5 Å². The van der Waals surface area contributed by atoms with Gasteiger partial charge in [0.2, 0.25) is 0 Å². The molecule has 0 bridgehead atoms. The first-order chi connectivity index (χ1) is 16.3. The molecule has 0 aliphatic carbocycles. The van der Waals surface area contributed by atoms with E-state index in [2.05, 4.69) is 71.3 Å². The van der Waals surface area contributed by atoms with E-state index in [0.717, 1.165) is 85.7 Å². The quantitative estimate of drug-likeness (QED) is 0.473. The van der Waals surface area contributed by atoms with Gasteiger partial charge in [0.1, 0.15) is 0 Å². The van der Waals surface area contributed by atoms with Crippen LogP contribution >= 0.6 is 0 Å². The topological polar surface area (TPSA) is 65.9 Å². The van der Waals surface area contributed by atoms with Crippen molar-refractivity contribution >= 4 is 10.9 Å². The lowest BCUT2D eigenvalue weighted by Gasteiger charge is -2.26. The average Bonchev–Trinajstić information content (AvgIpc) is 2.89. The number of fused-ring (bicyclic) bond motifs is 1. The molecule has 0 unspecified atom stereocenters. The summed E-state index contributed by atoms with van der Waals surface area (Å²) in [4.78, 5) is 12.4. The van der Waals surface area contributed by atoms with E-state index in [-0.39, 0.29) is 0 Å². The highest BCUT2D eigenvalue weighted by molar-refractivity contribution is 5.92. The van der Waals surface area contributed by atoms with Crippen molar-refractivity contribution in [1.82, 2.24) is 14.9 Å². The summed E-state index contributed by atoms with van der Waals surface area (Å²) in [6.07, 6.45) is 3.93. The molecule has 168 valence electrons. The van der Waals surface area contributed by atoms with Crippen molar-refractivity contribution in [1.29, 1.82) is 0 Å². The van der Waals surface area contributed by atoms with Crippen molar-refractivity contribution in [3.05, 3.63) is 84.2 Å². The van der Waals surface area contributed by atoms with Crippen molar-refractivity contribution in [2.75, 3.05) is 32.8 Å². The molecule has 5 heteroatoms. The maximum Gasteiger partial charge on any atom is 0.0997 e. The standard InChI is InChI=1S/C28H30N4O/c29-20-21-8-10-23(11-9-21)28-24(22-5-2-1-3-6-22)19-25-26(30-13-12-27(25)31-28)7-4-14-32-15-17-33-18-16-32/h1-3,5-6,8-13,19H,4,7,14-18,20,29H2/p+1. The molecule has 5 nitrogen and oxygen atoms in total. The average molecular weight is 440 g/mol. The van der Waals surface area contributed by atoms with Gasteiger partial charge in [0, 0.05) is 47.1 Å². The van der Waals surface area contributed by atoms with E-state index in [9.17, 15) is 0 Å². The van der Waals surface area contributed by atoms with Crippen LogP contribution in [0.15, 0.2) is 72.9 Å². The number of pyridine rings is 2. The molecule has 1 saturated heterocycles. The maximum atomic E-state index is 5.47. The van der Waals surface area contributed by atoms with E-state index in [4.69, 9.17) is 14.7 Å². The predicted octanol–water partition coefficient (Wildman–Crippen LogP) is 3.97. The van der Waals surface area contributed by atoms with Crippen LogP contribution in [0.1, 0.15) is 17.7 Å². The summed E-state index contributed by atoms with van der Waals surface area (Å²) < 4.78 is 5.47. The van der Waals surface area contributed by atoms with Gasteiger partial charge in [-0.15, -0.1) is 0 Å². The Balaban J connectivity index is 1.52. The number of hydrogen-bond acceptors (Lipinski definition) is 4. The number of benzene rings is 2. The summed E-state index contributed by atoms with van der Waals surface area (Å²) in [5.74, 6) is 0. The van der Waals surface area contributed by atoms with Gasteiger partial charge in [-0.05, 0) is 37.1 Å². The highest BCUT2D eigenvalue weighted by Crippen LogP contribution is 2.34. The Labute approximate surface area is 195 Å². The second kappa shape index (κ2) is 10.2. The number of nitrogens with zero attached hydrogens (tertiary/aromatic N) is 3. The largest absolute Gasteiger partial charge is 0.379 e. The fourth-order valence-electron chi connectivity index (χ4n) is 4.53. The van der Waals surface area contributed by atoms with Crippen LogP contribution in [0.4, 0.5) is 0 Å². The smallest absolute Gasteiger partial charge is 0.0997 e. The number of morpholine rings is 1. The Morgan fingerprint density at radius 3 is 2.45 bits per heavy atom. The van der Waals surface area contributed by atoms with Crippen LogP contribution in [0.2, 0.25) is 0 Å². The summed E-state index contributed by atoms with van der Waals surface area (Å²) in [7, 11) is 0. The summed E-state index contributed by atoms with van der Waals surface area (Å²) in [6.45, 7) is 5.61. The summed E-state index contributed by atoms with van der Waals surface area (Å²) in [5.41, 5.74) is 11.8. The second-order valence-electron chi connectivity index (χ2n) is 8.58. The van der Waals surface area contributed by atoms with Crippen molar-refractivity contribution in [3.63, 3.8) is 0 Å². The molecule has 0 saturated carbocycles. The Morgan fingerprint density at radius 1 is 0.909 bits per heavy atom. The van der Waals surface area contributed by atoms with Crippen molar-refractivity contribution in [2.24, 2.45) is 0 Å². The first-order valence-corrected chi connectivity index (χ1v) is 11.8. The zero-order valence-electron chi connectivity index (χ0n) is 19.0. The number of aryl methyl sites for hydroxylation is 1. The predicted molar refractivity (Wildman–Crippen MR) is 133 cm³/mol. The second-order valence-corrected chi connectivity index (χ2v) is 8.58. The zero-order valence-corrected chi connectivity index (χ0v) is 19.0. The van der Waals surface area contributed by atoms with Crippen LogP contribution < -0.4 is 5.73 Å². The highest BCUT2D eigenvalue weighted by Gasteiger charge is 2.15. The molecular formula is C28H31N4O+. The molecule has 1 aliphatic heterocycles. The number of ether oxygens (including phenoxy) is 1. The molecule has 0 amide bonds. The van der Waals surface area contributed by atoms with Crippen LogP contribution in [-0.4, -0.2) is 47.7 Å². The van der Waals surface area contributed by atoms with Gasteiger partial charge in [-0.1, -0.05) is 54.6 Å². The van der Waals surface area contributed by atoms with Gasteiger partial charge in [-0.25, -0.2) is 4.98 Å². The van der Waals surface area contributed by atoms with Crippen molar-refractivity contribution in [2.45, 2.75) is 19.4 Å². The number of rotatable bonds is 7. The molecule has 4 aromatic rings. The first-order valence-electron chi connectivity index (χ1n) is 11.8. The number of aromatic nitrogens is 2. The van der Waals surface area contributed by atoms with E-state index >= 15 is 0 Å². The van der Waals surface area contributed by atoms with Crippen LogP contribution in [-0.2, 0) is 17.7 Å². The monoisotopic (exact) mass is 439 g/mol. The molecular weight excluding hydrogens is 408 g/mol. The Morgan fingerprint density at radius 2 is 1.70 bits per heavy atom. The third kappa shape index (κ3) is 4.96. The Hall–Kier alpha value is -3.12. The molecule has 2 aromatic heterocycles. The van der Waals surface area contributed by atoms with Crippen LogP contribution in [0, 0.1) is 0 Å². The van der Waals surface area contributed by atoms with Gasteiger partial charge in [0.25, 0.3) is 0 Å². The minimum atomic E-state index is 0.788.